The zero-order chi connectivity index (χ0) is 34.4. The highest BCUT2D eigenvalue weighted by atomic mass is 28.4. The molecular formula is C36H48FN3O5Si. The van der Waals surface area contributed by atoms with Crippen LogP contribution in [0.4, 0.5) is 4.39 Å². The number of ether oxygens (including phenoxy) is 1. The van der Waals surface area contributed by atoms with Crippen LogP contribution in [-0.4, -0.2) is 60.9 Å². The number of amides is 1. The summed E-state index contributed by atoms with van der Waals surface area (Å²) in [4.78, 5) is 41.2. The van der Waals surface area contributed by atoms with Crippen LogP contribution >= 0.6 is 0 Å². The Labute approximate surface area is 273 Å². The Balaban J connectivity index is 2.03. The Morgan fingerprint density at radius 1 is 1.04 bits per heavy atom. The molecule has 0 aliphatic rings. The standard InChI is InChI=1S/C36H48FN3O5Si/c1-24(2)33-31(20-19-29(41)21-30(22-32(42)44-8)45-46(9,10)36(4,5)6)40(28-17-15-27(37)16-18-28)38-34(33)35(43)39(7)23-26-14-12-11-13-25(26)3/h11-20,24,30H,21-23H2,1-10H3/b20-19+/t30-/m1/s1. The van der Waals surface area contributed by atoms with E-state index in [1.54, 1.807) is 34.8 Å². The van der Waals surface area contributed by atoms with Crippen molar-refractivity contribution in [2.45, 2.75) is 91.1 Å². The monoisotopic (exact) mass is 649 g/mol. The van der Waals surface area contributed by atoms with Gasteiger partial charge in [0, 0.05) is 25.6 Å². The fourth-order valence-corrected chi connectivity index (χ4v) is 6.24. The number of halogens is 1. The van der Waals surface area contributed by atoms with E-state index in [4.69, 9.17) is 14.3 Å². The molecule has 8 nitrogen and oxygen atoms in total. The topological polar surface area (TPSA) is 90.7 Å². The van der Waals surface area contributed by atoms with Crippen LogP contribution in [0.15, 0.2) is 54.6 Å². The van der Waals surface area contributed by atoms with E-state index in [1.807, 2.05) is 45.0 Å². The average Bonchev–Trinajstić information content (AvgIpc) is 3.36. The maximum atomic E-state index is 13.9. The highest BCUT2D eigenvalue weighted by Gasteiger charge is 2.40. The number of esters is 1. The van der Waals surface area contributed by atoms with Crippen LogP contribution in [0.2, 0.25) is 18.1 Å². The van der Waals surface area contributed by atoms with Crippen molar-refractivity contribution in [3.05, 3.63) is 88.5 Å². The molecule has 3 rings (SSSR count). The maximum absolute atomic E-state index is 13.9. The summed E-state index contributed by atoms with van der Waals surface area (Å²) in [6, 6.07) is 13.7. The number of benzene rings is 2. The van der Waals surface area contributed by atoms with E-state index < -0.39 is 26.2 Å². The number of carbonyl (C=O) groups excluding carboxylic acids is 3. The second kappa shape index (κ2) is 15.1. The van der Waals surface area contributed by atoms with Crippen LogP contribution < -0.4 is 0 Å². The first-order chi connectivity index (χ1) is 21.4. The molecule has 1 aromatic heterocycles. The van der Waals surface area contributed by atoms with Crippen molar-refractivity contribution < 1.29 is 27.9 Å². The number of nitrogens with zero attached hydrogens (tertiary/aromatic N) is 3. The molecule has 1 amide bonds. The second-order valence-electron chi connectivity index (χ2n) is 13.6. The molecular weight excluding hydrogens is 601 g/mol. The van der Waals surface area contributed by atoms with Crippen LogP contribution in [0.5, 0.6) is 0 Å². The van der Waals surface area contributed by atoms with Gasteiger partial charge >= 0.3 is 5.97 Å². The Hall–Kier alpha value is -3.89. The lowest BCUT2D eigenvalue weighted by molar-refractivity contribution is -0.142. The van der Waals surface area contributed by atoms with E-state index in [0.29, 0.717) is 23.5 Å². The predicted octanol–water partition coefficient (Wildman–Crippen LogP) is 7.64. The number of methoxy groups -OCH3 is 1. The summed E-state index contributed by atoms with van der Waals surface area (Å²) in [5.74, 6) is -1.51. The summed E-state index contributed by atoms with van der Waals surface area (Å²) >= 11 is 0. The normalized spacial score (nSPS) is 12.9. The molecule has 1 heterocycles. The molecule has 0 saturated heterocycles. The molecule has 0 unspecified atom stereocenters. The van der Waals surface area contributed by atoms with Gasteiger partial charge < -0.3 is 14.1 Å². The van der Waals surface area contributed by atoms with E-state index in [9.17, 15) is 18.8 Å². The van der Waals surface area contributed by atoms with Crippen molar-refractivity contribution in [1.29, 1.82) is 0 Å². The zero-order valence-electron chi connectivity index (χ0n) is 28.8. The first kappa shape index (κ1) is 36.6. The molecule has 1 atom stereocenters. The third-order valence-electron chi connectivity index (χ3n) is 8.57. The van der Waals surface area contributed by atoms with Gasteiger partial charge in [-0.1, -0.05) is 58.9 Å². The average molecular weight is 650 g/mol. The molecule has 2 aromatic carbocycles. The van der Waals surface area contributed by atoms with E-state index in [0.717, 1.165) is 11.1 Å². The summed E-state index contributed by atoms with van der Waals surface area (Å²) < 4.78 is 26.8. The third-order valence-corrected chi connectivity index (χ3v) is 13.1. The number of allylic oxidation sites excluding steroid dienone is 1. The molecule has 0 N–H and O–H groups in total. The number of ketones is 1. The number of aromatic nitrogens is 2. The Morgan fingerprint density at radius 3 is 2.24 bits per heavy atom. The second-order valence-corrected chi connectivity index (χ2v) is 18.3. The van der Waals surface area contributed by atoms with E-state index in [-0.39, 0.29) is 41.2 Å². The molecule has 0 aliphatic carbocycles. The lowest BCUT2D eigenvalue weighted by atomic mass is 9.98. The van der Waals surface area contributed by atoms with Gasteiger partial charge in [0.25, 0.3) is 5.91 Å². The quantitative estimate of drug-likeness (QED) is 0.107. The maximum Gasteiger partial charge on any atom is 0.308 e. The van der Waals surface area contributed by atoms with Gasteiger partial charge in [-0.25, -0.2) is 9.07 Å². The van der Waals surface area contributed by atoms with Crippen LogP contribution in [-0.2, 0) is 25.3 Å². The summed E-state index contributed by atoms with van der Waals surface area (Å²) in [7, 11) is 0.743. The van der Waals surface area contributed by atoms with Gasteiger partial charge in [0.2, 0.25) is 0 Å². The Kier molecular flexibility index (Phi) is 12.0. The molecule has 0 fully saturated rings. The molecule has 0 radical (unpaired) electrons. The van der Waals surface area contributed by atoms with Crippen LogP contribution in [0, 0.1) is 12.7 Å². The van der Waals surface area contributed by atoms with Gasteiger partial charge in [-0.05, 0) is 78.5 Å². The third kappa shape index (κ3) is 9.10. The minimum absolute atomic E-state index is 0.0231. The largest absolute Gasteiger partial charge is 0.469 e. The van der Waals surface area contributed by atoms with E-state index >= 15 is 0 Å². The minimum atomic E-state index is -2.31. The Bertz CT molecular complexity index is 1570. The fraction of sp³-hybridized carbons (Fsp3) is 0.444. The molecule has 0 bridgehead atoms. The SMILES string of the molecule is COC(=O)C[C@@H](CC(=O)/C=C/c1c(C(C)C)c(C(=O)N(C)Cc2ccccc2C)nn1-c1ccc(F)cc1)O[Si](C)(C)C(C)(C)C. The number of carbonyl (C=O) groups is 3. The highest BCUT2D eigenvalue weighted by molar-refractivity contribution is 6.74. The number of rotatable bonds is 13. The molecule has 0 spiro atoms. The van der Waals surface area contributed by atoms with E-state index in [2.05, 4.69) is 33.9 Å². The van der Waals surface area contributed by atoms with Gasteiger partial charge in [-0.15, -0.1) is 0 Å². The summed E-state index contributed by atoms with van der Waals surface area (Å²) in [6.45, 7) is 16.7. The Morgan fingerprint density at radius 2 is 1.67 bits per heavy atom. The molecule has 248 valence electrons. The van der Waals surface area contributed by atoms with Crippen molar-refractivity contribution in [1.82, 2.24) is 14.7 Å². The van der Waals surface area contributed by atoms with Gasteiger partial charge in [-0.2, -0.15) is 5.10 Å². The first-order valence-electron chi connectivity index (χ1n) is 15.6. The van der Waals surface area contributed by atoms with Gasteiger partial charge in [0.1, 0.15) is 5.82 Å². The molecule has 0 saturated carbocycles. The fourth-order valence-electron chi connectivity index (χ4n) is 4.89. The smallest absolute Gasteiger partial charge is 0.308 e. The van der Waals surface area contributed by atoms with Gasteiger partial charge in [-0.3, -0.25) is 14.4 Å². The zero-order valence-corrected chi connectivity index (χ0v) is 29.8. The van der Waals surface area contributed by atoms with Crippen LogP contribution in [0.25, 0.3) is 11.8 Å². The summed E-state index contributed by atoms with van der Waals surface area (Å²) in [5, 5.41) is 4.62. The summed E-state index contributed by atoms with van der Waals surface area (Å²) in [6.07, 6.45) is 2.37. The van der Waals surface area contributed by atoms with E-state index in [1.165, 1.54) is 25.3 Å². The minimum Gasteiger partial charge on any atom is -0.469 e. The number of hydrogen-bond donors (Lipinski definition) is 0. The number of hydrogen-bond acceptors (Lipinski definition) is 6. The molecule has 46 heavy (non-hydrogen) atoms. The van der Waals surface area contributed by atoms with Gasteiger partial charge in [0.05, 0.1) is 31.0 Å². The highest BCUT2D eigenvalue weighted by Crippen LogP contribution is 2.38. The molecule has 0 aliphatic heterocycles. The van der Waals surface area contributed by atoms with Crippen molar-refractivity contribution in [2.24, 2.45) is 0 Å². The summed E-state index contributed by atoms with van der Waals surface area (Å²) in [5.41, 5.74) is 4.10. The lowest BCUT2D eigenvalue weighted by Gasteiger charge is -2.39. The predicted molar refractivity (Wildman–Crippen MR) is 182 cm³/mol. The number of aryl methyl sites for hydroxylation is 1. The lowest BCUT2D eigenvalue weighted by Crippen LogP contribution is -2.44. The van der Waals surface area contributed by atoms with Crippen molar-refractivity contribution in [3.63, 3.8) is 0 Å². The van der Waals surface area contributed by atoms with Crippen molar-refractivity contribution >= 4 is 32.1 Å². The van der Waals surface area contributed by atoms with Crippen LogP contribution in [0.3, 0.4) is 0 Å². The molecule has 10 heteroatoms. The van der Waals surface area contributed by atoms with Crippen molar-refractivity contribution in [2.75, 3.05) is 14.2 Å². The molecule has 3 aromatic rings. The van der Waals surface area contributed by atoms with Crippen LogP contribution in [0.1, 0.15) is 86.3 Å². The first-order valence-corrected chi connectivity index (χ1v) is 18.5. The van der Waals surface area contributed by atoms with Gasteiger partial charge in [0.15, 0.2) is 19.8 Å². The van der Waals surface area contributed by atoms with Crippen molar-refractivity contribution in [3.8, 4) is 5.69 Å².